The molecule has 0 bridgehead atoms. The summed E-state index contributed by atoms with van der Waals surface area (Å²) in [7, 11) is 1.63. The van der Waals surface area contributed by atoms with Crippen molar-refractivity contribution in [1.29, 1.82) is 0 Å². The minimum Gasteiger partial charge on any atom is -0.497 e. The Bertz CT molecular complexity index is 557. The maximum absolute atomic E-state index is 11.8. The summed E-state index contributed by atoms with van der Waals surface area (Å²) in [6.07, 6.45) is 2.36. The Hall–Kier alpha value is -1.62. The van der Waals surface area contributed by atoms with Crippen molar-refractivity contribution < 1.29 is 14.3 Å². The fraction of sp³-hybridized carbons (Fsp3) is 0.588. The van der Waals surface area contributed by atoms with Gasteiger partial charge in [-0.2, -0.15) is 0 Å². The quantitative estimate of drug-likeness (QED) is 0.862. The first kappa shape index (κ1) is 17.7. The first-order valence-electron chi connectivity index (χ1n) is 7.86. The van der Waals surface area contributed by atoms with Crippen LogP contribution in [0.1, 0.15) is 40.0 Å². The van der Waals surface area contributed by atoms with E-state index in [2.05, 4.69) is 10.6 Å². The van der Waals surface area contributed by atoms with E-state index in [1.165, 1.54) is 0 Å². The first-order chi connectivity index (χ1) is 10.8. The van der Waals surface area contributed by atoms with E-state index in [-0.39, 0.29) is 18.2 Å². The first-order valence-corrected chi connectivity index (χ1v) is 8.24. The van der Waals surface area contributed by atoms with Crippen molar-refractivity contribution in [1.82, 2.24) is 5.32 Å². The molecule has 0 aromatic heterocycles. The molecule has 2 unspecified atom stereocenters. The van der Waals surface area contributed by atoms with Gasteiger partial charge < -0.3 is 20.1 Å². The Kier molecular flexibility index (Phi) is 5.63. The zero-order valence-corrected chi connectivity index (χ0v) is 14.9. The monoisotopic (exact) mass is 340 g/mol. The fourth-order valence-electron chi connectivity index (χ4n) is 2.68. The molecule has 5 nitrogen and oxygen atoms in total. The summed E-state index contributed by atoms with van der Waals surface area (Å²) >= 11 is 6.22. The lowest BCUT2D eigenvalue weighted by Crippen LogP contribution is -2.38. The Morgan fingerprint density at radius 2 is 1.96 bits per heavy atom. The molecule has 2 rings (SSSR count). The number of hydrogen-bond acceptors (Lipinski definition) is 4. The number of nitrogens with one attached hydrogen (secondary N) is 2. The van der Waals surface area contributed by atoms with Crippen LogP contribution in [0.3, 0.4) is 0 Å². The number of benzene rings is 1. The van der Waals surface area contributed by atoms with E-state index in [0.717, 1.165) is 30.7 Å². The van der Waals surface area contributed by atoms with Crippen molar-refractivity contribution in [3.63, 3.8) is 0 Å². The van der Waals surface area contributed by atoms with Gasteiger partial charge in [-0.3, -0.25) is 0 Å². The number of ether oxygens (including phenoxy) is 2. The predicted molar refractivity (Wildman–Crippen MR) is 92.4 cm³/mol. The van der Waals surface area contributed by atoms with Crippen LogP contribution < -0.4 is 15.4 Å². The molecule has 1 aromatic rings. The number of halogens is 1. The van der Waals surface area contributed by atoms with Crippen LogP contribution in [0.25, 0.3) is 0 Å². The lowest BCUT2D eigenvalue weighted by Gasteiger charge is -2.22. The number of anilines is 1. The predicted octanol–water partition coefficient (Wildman–Crippen LogP) is 4.21. The molecule has 23 heavy (non-hydrogen) atoms. The number of hydrogen-bond donors (Lipinski definition) is 2. The number of amides is 1. The molecular formula is C17H25ClN2O3. The maximum Gasteiger partial charge on any atom is 0.407 e. The van der Waals surface area contributed by atoms with Crippen LogP contribution in [0.4, 0.5) is 10.5 Å². The summed E-state index contributed by atoms with van der Waals surface area (Å²) in [5.41, 5.74) is 0.378. The van der Waals surface area contributed by atoms with Crippen molar-refractivity contribution in [2.45, 2.75) is 57.7 Å². The smallest absolute Gasteiger partial charge is 0.407 e. The standard InChI is InChI=1S/C17H25ClN2O3/c1-17(2,3)23-16(21)20-12-6-5-11(9-12)19-15-10-13(22-4)7-8-14(15)18/h7-8,10-12,19H,5-6,9H2,1-4H3,(H,20,21). The molecular weight excluding hydrogens is 316 g/mol. The van der Waals surface area contributed by atoms with Crippen LogP contribution in [0.2, 0.25) is 5.02 Å². The van der Waals surface area contributed by atoms with Crippen LogP contribution in [-0.2, 0) is 4.74 Å². The molecule has 2 N–H and O–H groups in total. The summed E-state index contributed by atoms with van der Waals surface area (Å²) < 4.78 is 10.5. The Balaban J connectivity index is 1.87. The van der Waals surface area contributed by atoms with Gasteiger partial charge in [0.25, 0.3) is 0 Å². The van der Waals surface area contributed by atoms with E-state index < -0.39 is 5.60 Å². The molecule has 1 aliphatic carbocycles. The molecule has 1 saturated carbocycles. The molecule has 1 aliphatic rings. The highest BCUT2D eigenvalue weighted by Crippen LogP contribution is 2.30. The number of methoxy groups -OCH3 is 1. The molecule has 2 atom stereocenters. The van der Waals surface area contributed by atoms with Gasteiger partial charge in [0.15, 0.2) is 0 Å². The zero-order chi connectivity index (χ0) is 17.0. The van der Waals surface area contributed by atoms with E-state index in [4.69, 9.17) is 21.1 Å². The van der Waals surface area contributed by atoms with Gasteiger partial charge in [-0.15, -0.1) is 0 Å². The topological polar surface area (TPSA) is 59.6 Å². The lowest BCUT2D eigenvalue weighted by molar-refractivity contribution is 0.0505. The summed E-state index contributed by atoms with van der Waals surface area (Å²) in [6, 6.07) is 5.91. The van der Waals surface area contributed by atoms with Crippen molar-refractivity contribution in [2.75, 3.05) is 12.4 Å². The maximum atomic E-state index is 11.8. The van der Waals surface area contributed by atoms with E-state index >= 15 is 0 Å². The highest BCUT2D eigenvalue weighted by Gasteiger charge is 2.28. The second kappa shape index (κ2) is 7.30. The van der Waals surface area contributed by atoms with E-state index in [0.29, 0.717) is 5.02 Å². The molecule has 0 saturated heterocycles. The third-order valence-corrected chi connectivity index (χ3v) is 4.02. The fourth-order valence-corrected chi connectivity index (χ4v) is 2.85. The summed E-state index contributed by atoms with van der Waals surface area (Å²) in [4.78, 5) is 11.8. The van der Waals surface area contributed by atoms with Gasteiger partial charge >= 0.3 is 6.09 Å². The normalized spacial score (nSPS) is 20.9. The van der Waals surface area contributed by atoms with Gasteiger partial charge in [0.1, 0.15) is 11.4 Å². The van der Waals surface area contributed by atoms with Gasteiger partial charge in [0, 0.05) is 18.2 Å². The number of carbonyl (C=O) groups excluding carboxylic acids is 1. The van der Waals surface area contributed by atoms with Crippen LogP contribution in [0.15, 0.2) is 18.2 Å². The highest BCUT2D eigenvalue weighted by molar-refractivity contribution is 6.33. The van der Waals surface area contributed by atoms with E-state index in [9.17, 15) is 4.79 Å². The van der Waals surface area contributed by atoms with E-state index in [1.807, 2.05) is 39.0 Å². The minimum atomic E-state index is -0.478. The molecule has 128 valence electrons. The largest absolute Gasteiger partial charge is 0.497 e. The van der Waals surface area contributed by atoms with Gasteiger partial charge in [0.05, 0.1) is 17.8 Å². The van der Waals surface area contributed by atoms with Crippen molar-refractivity contribution in [3.05, 3.63) is 23.2 Å². The highest BCUT2D eigenvalue weighted by atomic mass is 35.5. The SMILES string of the molecule is COc1ccc(Cl)c(NC2CCC(NC(=O)OC(C)(C)C)C2)c1. The zero-order valence-electron chi connectivity index (χ0n) is 14.1. The van der Waals surface area contributed by atoms with Crippen molar-refractivity contribution in [2.24, 2.45) is 0 Å². The van der Waals surface area contributed by atoms with E-state index in [1.54, 1.807) is 7.11 Å². The average molecular weight is 341 g/mol. The number of alkyl carbamates (subject to hydrolysis) is 1. The number of carbonyl (C=O) groups is 1. The molecule has 1 aromatic carbocycles. The molecule has 0 heterocycles. The van der Waals surface area contributed by atoms with Gasteiger partial charge in [0.2, 0.25) is 0 Å². The van der Waals surface area contributed by atoms with Crippen molar-refractivity contribution in [3.8, 4) is 5.75 Å². The minimum absolute atomic E-state index is 0.117. The third kappa shape index (κ3) is 5.50. The van der Waals surface area contributed by atoms with Crippen molar-refractivity contribution >= 4 is 23.4 Å². The van der Waals surface area contributed by atoms with Gasteiger partial charge in [-0.1, -0.05) is 11.6 Å². The Morgan fingerprint density at radius 1 is 1.26 bits per heavy atom. The summed E-state index contributed by atoms with van der Waals surface area (Å²) in [6.45, 7) is 5.57. The molecule has 0 radical (unpaired) electrons. The number of rotatable bonds is 4. The summed E-state index contributed by atoms with van der Waals surface area (Å²) in [5, 5.41) is 7.02. The third-order valence-electron chi connectivity index (χ3n) is 3.69. The second-order valence-corrected chi connectivity index (χ2v) is 7.25. The summed E-state index contributed by atoms with van der Waals surface area (Å²) in [5.74, 6) is 0.762. The van der Waals surface area contributed by atoms with Crippen LogP contribution in [0, 0.1) is 0 Å². The molecule has 0 spiro atoms. The second-order valence-electron chi connectivity index (χ2n) is 6.84. The molecule has 1 amide bonds. The molecule has 0 aliphatic heterocycles. The Labute approximate surface area is 142 Å². The molecule has 1 fully saturated rings. The van der Waals surface area contributed by atoms with Crippen LogP contribution in [-0.4, -0.2) is 30.9 Å². The van der Waals surface area contributed by atoms with Gasteiger partial charge in [-0.05, 0) is 52.2 Å². The average Bonchev–Trinajstić information content (AvgIpc) is 2.86. The lowest BCUT2D eigenvalue weighted by atomic mass is 10.2. The van der Waals surface area contributed by atoms with Crippen LogP contribution >= 0.6 is 11.6 Å². The molecule has 6 heteroatoms. The van der Waals surface area contributed by atoms with Crippen LogP contribution in [0.5, 0.6) is 5.75 Å². The Morgan fingerprint density at radius 3 is 2.61 bits per heavy atom. The van der Waals surface area contributed by atoms with Gasteiger partial charge in [-0.25, -0.2) is 4.79 Å².